The lowest BCUT2D eigenvalue weighted by molar-refractivity contribution is 0.0881. The van der Waals surface area contributed by atoms with E-state index in [-0.39, 0.29) is 5.54 Å². The molecule has 1 aliphatic rings. The zero-order valence-corrected chi connectivity index (χ0v) is 13.0. The molecule has 0 saturated heterocycles. The predicted octanol–water partition coefficient (Wildman–Crippen LogP) is 1.44. The molecule has 0 spiro atoms. The van der Waals surface area contributed by atoms with Gasteiger partial charge in [0.15, 0.2) is 5.65 Å². The van der Waals surface area contributed by atoms with Crippen LogP contribution >= 0.6 is 0 Å². The van der Waals surface area contributed by atoms with Crippen molar-refractivity contribution in [3.63, 3.8) is 0 Å². The molecule has 0 aromatic carbocycles. The van der Waals surface area contributed by atoms with Crippen LogP contribution in [0.3, 0.4) is 0 Å². The van der Waals surface area contributed by atoms with Gasteiger partial charge in [-0.3, -0.25) is 0 Å². The van der Waals surface area contributed by atoms with Crippen LogP contribution in [-0.4, -0.2) is 56.3 Å². The Balaban J connectivity index is 1.74. The first-order valence-corrected chi connectivity index (χ1v) is 7.56. The molecule has 7 nitrogen and oxygen atoms in total. The molecule has 1 N–H and O–H groups in total. The highest BCUT2D eigenvalue weighted by Crippen LogP contribution is 2.35. The van der Waals surface area contributed by atoms with Crippen LogP contribution in [0.5, 0.6) is 0 Å². The van der Waals surface area contributed by atoms with Gasteiger partial charge in [-0.1, -0.05) is 19.8 Å². The average molecular weight is 289 g/mol. The standard InChI is InChI=1S/C14H23N7/c1-11-5-4-8-14(9-11,20(2)3)10-15-12-6-7-13-16-18-19-21(13)17-12/h6-7,11H,4-5,8-10H2,1-3H3,(H,15,17)/t11-,14+/m0/s1. The van der Waals surface area contributed by atoms with Crippen LogP contribution < -0.4 is 5.32 Å². The van der Waals surface area contributed by atoms with Gasteiger partial charge < -0.3 is 10.2 Å². The summed E-state index contributed by atoms with van der Waals surface area (Å²) in [5.41, 5.74) is 0.865. The highest BCUT2D eigenvalue weighted by molar-refractivity contribution is 5.42. The molecular weight excluding hydrogens is 266 g/mol. The number of hydrogen-bond acceptors (Lipinski definition) is 6. The summed E-state index contributed by atoms with van der Waals surface area (Å²) in [7, 11) is 4.36. The van der Waals surface area contributed by atoms with Crippen molar-refractivity contribution in [2.24, 2.45) is 5.92 Å². The Morgan fingerprint density at radius 2 is 2.29 bits per heavy atom. The Hall–Kier alpha value is -1.76. The van der Waals surface area contributed by atoms with Gasteiger partial charge in [0.2, 0.25) is 0 Å². The maximum Gasteiger partial charge on any atom is 0.200 e. The van der Waals surface area contributed by atoms with Crippen LogP contribution in [-0.2, 0) is 0 Å². The first-order valence-electron chi connectivity index (χ1n) is 7.56. The lowest BCUT2D eigenvalue weighted by atomic mass is 9.75. The summed E-state index contributed by atoms with van der Waals surface area (Å²) in [4.78, 5) is 2.37. The highest BCUT2D eigenvalue weighted by Gasteiger charge is 2.36. The maximum atomic E-state index is 4.38. The third-order valence-corrected chi connectivity index (χ3v) is 4.68. The van der Waals surface area contributed by atoms with Crippen molar-refractivity contribution in [3.05, 3.63) is 12.1 Å². The molecule has 1 aliphatic carbocycles. The fourth-order valence-electron chi connectivity index (χ4n) is 3.36. The van der Waals surface area contributed by atoms with E-state index in [1.165, 1.54) is 30.3 Å². The van der Waals surface area contributed by atoms with Gasteiger partial charge in [-0.2, -0.15) is 0 Å². The van der Waals surface area contributed by atoms with Crippen LogP contribution in [0, 0.1) is 5.92 Å². The van der Waals surface area contributed by atoms with Gasteiger partial charge in [-0.15, -0.1) is 14.8 Å². The SMILES string of the molecule is C[C@H]1CCC[C@@](CNc2ccc3nnnn3n2)(N(C)C)C1. The zero-order valence-electron chi connectivity index (χ0n) is 13.0. The van der Waals surface area contributed by atoms with E-state index in [9.17, 15) is 0 Å². The fraction of sp³-hybridized carbons (Fsp3) is 0.714. The number of nitrogens with one attached hydrogen (secondary N) is 1. The number of likely N-dealkylation sites (N-methyl/N-ethyl adjacent to an activating group) is 1. The van der Waals surface area contributed by atoms with Gasteiger partial charge in [0.05, 0.1) is 0 Å². The molecule has 3 rings (SSSR count). The Morgan fingerprint density at radius 1 is 1.43 bits per heavy atom. The second kappa shape index (κ2) is 5.55. The highest BCUT2D eigenvalue weighted by atomic mass is 15.6. The third kappa shape index (κ3) is 2.83. The molecule has 0 unspecified atom stereocenters. The largest absolute Gasteiger partial charge is 0.367 e. The van der Waals surface area contributed by atoms with Gasteiger partial charge in [0.25, 0.3) is 0 Å². The van der Waals surface area contributed by atoms with E-state index in [1.807, 2.05) is 12.1 Å². The van der Waals surface area contributed by atoms with E-state index < -0.39 is 0 Å². The molecule has 0 amide bonds. The van der Waals surface area contributed by atoms with Crippen molar-refractivity contribution in [2.45, 2.75) is 38.1 Å². The number of tetrazole rings is 1. The van der Waals surface area contributed by atoms with E-state index in [0.29, 0.717) is 5.65 Å². The molecule has 2 aromatic rings. The molecule has 1 fully saturated rings. The molecule has 0 radical (unpaired) electrons. The molecule has 2 atom stereocenters. The van der Waals surface area contributed by atoms with E-state index >= 15 is 0 Å². The van der Waals surface area contributed by atoms with Crippen molar-refractivity contribution in [1.82, 2.24) is 30.2 Å². The Bertz CT molecular complexity index is 608. The van der Waals surface area contributed by atoms with Crippen LogP contribution in [0.4, 0.5) is 5.82 Å². The van der Waals surface area contributed by atoms with Crippen molar-refractivity contribution in [3.8, 4) is 0 Å². The van der Waals surface area contributed by atoms with E-state index in [4.69, 9.17) is 0 Å². The monoisotopic (exact) mass is 289 g/mol. The maximum absolute atomic E-state index is 4.38. The summed E-state index contributed by atoms with van der Waals surface area (Å²) in [6, 6.07) is 3.81. The summed E-state index contributed by atoms with van der Waals surface area (Å²) in [5.74, 6) is 1.59. The minimum Gasteiger partial charge on any atom is -0.367 e. The Labute approximate surface area is 124 Å². The Kier molecular flexibility index (Phi) is 3.75. The van der Waals surface area contributed by atoms with Gasteiger partial charge in [0, 0.05) is 12.1 Å². The number of aromatic nitrogens is 5. The molecule has 2 aromatic heterocycles. The third-order valence-electron chi connectivity index (χ3n) is 4.68. The van der Waals surface area contributed by atoms with E-state index in [0.717, 1.165) is 18.3 Å². The van der Waals surface area contributed by atoms with Gasteiger partial charge in [-0.25, -0.2) is 0 Å². The summed E-state index contributed by atoms with van der Waals surface area (Å²) < 4.78 is 1.45. The van der Waals surface area contributed by atoms with Gasteiger partial charge in [-0.05, 0) is 55.4 Å². The smallest absolute Gasteiger partial charge is 0.200 e. The van der Waals surface area contributed by atoms with Crippen LogP contribution in [0.2, 0.25) is 0 Å². The summed E-state index contributed by atoms with van der Waals surface area (Å²) >= 11 is 0. The van der Waals surface area contributed by atoms with Gasteiger partial charge in [0.1, 0.15) is 5.82 Å². The van der Waals surface area contributed by atoms with Crippen molar-refractivity contribution < 1.29 is 0 Å². The summed E-state index contributed by atoms with van der Waals surface area (Å²) in [5, 5.41) is 19.2. The van der Waals surface area contributed by atoms with E-state index in [2.05, 4.69) is 51.9 Å². The Morgan fingerprint density at radius 3 is 3.05 bits per heavy atom. The normalized spacial score (nSPS) is 26.4. The minimum atomic E-state index is 0.203. The quantitative estimate of drug-likeness (QED) is 0.918. The van der Waals surface area contributed by atoms with Gasteiger partial charge >= 0.3 is 0 Å². The number of anilines is 1. The topological polar surface area (TPSA) is 71.2 Å². The average Bonchev–Trinajstić information content (AvgIpc) is 2.92. The first kappa shape index (κ1) is 14.2. The molecule has 114 valence electrons. The van der Waals surface area contributed by atoms with Crippen molar-refractivity contribution >= 4 is 11.5 Å². The summed E-state index contributed by atoms with van der Waals surface area (Å²) in [6.45, 7) is 3.24. The van der Waals surface area contributed by atoms with Crippen LogP contribution in [0.1, 0.15) is 32.6 Å². The van der Waals surface area contributed by atoms with Crippen molar-refractivity contribution in [2.75, 3.05) is 26.0 Å². The predicted molar refractivity (Wildman–Crippen MR) is 81.1 cm³/mol. The molecule has 0 aliphatic heterocycles. The lowest BCUT2D eigenvalue weighted by Crippen LogP contribution is -2.52. The molecule has 0 bridgehead atoms. The lowest BCUT2D eigenvalue weighted by Gasteiger charge is -2.45. The first-order chi connectivity index (χ1) is 10.1. The molecule has 7 heteroatoms. The molecule has 1 saturated carbocycles. The zero-order chi connectivity index (χ0) is 14.9. The summed E-state index contributed by atoms with van der Waals surface area (Å²) in [6.07, 6.45) is 5.08. The van der Waals surface area contributed by atoms with Crippen molar-refractivity contribution in [1.29, 1.82) is 0 Å². The second-order valence-electron chi connectivity index (χ2n) is 6.42. The van der Waals surface area contributed by atoms with Crippen LogP contribution in [0.25, 0.3) is 5.65 Å². The second-order valence-corrected chi connectivity index (χ2v) is 6.42. The molecule has 2 heterocycles. The minimum absolute atomic E-state index is 0.203. The number of hydrogen-bond donors (Lipinski definition) is 1. The van der Waals surface area contributed by atoms with E-state index in [1.54, 1.807) is 0 Å². The van der Waals surface area contributed by atoms with Crippen LogP contribution in [0.15, 0.2) is 12.1 Å². The number of nitrogens with zero attached hydrogens (tertiary/aromatic N) is 6. The fourth-order valence-corrected chi connectivity index (χ4v) is 3.36. The molecular formula is C14H23N7. The molecule has 21 heavy (non-hydrogen) atoms. The number of rotatable bonds is 4. The number of fused-ring (bicyclic) bond motifs is 1.